The van der Waals surface area contributed by atoms with E-state index >= 15 is 0 Å². The topological polar surface area (TPSA) is 494 Å². The monoisotopic (exact) mass is 1580 g/mol. The average molecular weight is 1580 g/mol. The molecule has 0 bridgehead atoms. The number of sulfonamides is 4. The number of nitrogens with one attached hydrogen (secondary N) is 3. The number of nitro benzene ring substituents is 2. The Morgan fingerprint density at radius 2 is 1.14 bits per heavy atom. The number of carbonyl (C=O) groups excluding carboxylic acids is 3. The number of hydrogen-bond acceptors (Lipinski definition) is 25. The molecule has 1 aliphatic rings. The number of hydrogen-bond donors (Lipinski definition) is 7. The Hall–Kier alpha value is -10.7. The van der Waals surface area contributed by atoms with Gasteiger partial charge in [0.25, 0.3) is 27.3 Å². The Labute approximate surface area is 615 Å². The van der Waals surface area contributed by atoms with E-state index in [-0.39, 0.29) is 83.0 Å². The minimum atomic E-state index is -4.61. The third-order valence-corrected chi connectivity index (χ3v) is 18.4. The molecule has 1 amide bonds. The van der Waals surface area contributed by atoms with Gasteiger partial charge in [-0.3, -0.25) is 25.0 Å². The maximum Gasteiger partial charge on any atom is 0.405 e. The largest absolute Gasteiger partial charge is 0.478 e. The van der Waals surface area contributed by atoms with Crippen LogP contribution in [-0.2, 0) is 54.3 Å². The van der Waals surface area contributed by atoms with Crippen molar-refractivity contribution in [2.24, 2.45) is 19.8 Å². The quantitative estimate of drug-likeness (QED) is 0.00408. The van der Waals surface area contributed by atoms with Gasteiger partial charge < -0.3 is 59.4 Å². The standard InChI is InChI=1S/C22H30N2O5S.C19H22F3N3O4S.C14H16N4O6S.C11H13N3O7S/c1-4-6-13-24(14-7-5-2)19-15-17(22(25)28-3)16-20(30(23,26)27)21(19)29-18-11-9-8-10-12-18;1-2-3-9-24-15-10-13(18(26)25-12-19(20,21)22)11-16(30(23,27)28)17(15)29-14-7-5-4-6-8-14;1-5-6-15-13-11(18(20)21)7-10(14(19)24-4)8-12(13)25(22,23)16-9-17(2)3;12-22(19,20)9-6-7(11(15)16)5-8(14(17)18)10(9)13-1-3-21-4-2-13/h8-12,15-16H,4-7,13-14H2,1-3H3,(H2,23,26,27);4-8,10-11,24H,2-3,9,12H2,1H3,(H,25,26)(H2,23,27,28);1,7-9,15H,6H2,2-4H3;5-6H,1-4H2,(H,15,16)(H2,12,19,20). The zero-order valence-corrected chi connectivity index (χ0v) is 62.1. The zero-order valence-electron chi connectivity index (χ0n) is 58.9. The van der Waals surface area contributed by atoms with Gasteiger partial charge in [-0.05, 0) is 79.9 Å². The van der Waals surface area contributed by atoms with Crippen LogP contribution < -0.4 is 50.6 Å². The molecule has 7 rings (SSSR count). The number of carboxylic acids is 1. The predicted molar refractivity (Wildman–Crippen MR) is 389 cm³/mol. The first kappa shape index (κ1) is 88.7. The number of halogens is 3. The molecular formula is C66H81F3N12O22S4. The highest BCUT2D eigenvalue weighted by atomic mass is 32.2. The number of para-hydroxylation sites is 2. The van der Waals surface area contributed by atoms with E-state index in [0.29, 0.717) is 36.8 Å². The van der Waals surface area contributed by atoms with E-state index in [1.807, 2.05) is 17.9 Å². The number of ether oxygens (including phenoxy) is 5. The molecule has 10 N–H and O–H groups in total. The number of nitro groups is 2. The molecule has 34 nitrogen and oxygen atoms in total. The number of nitrogens with zero attached hydrogens (tertiary/aromatic N) is 6. The van der Waals surface area contributed by atoms with Gasteiger partial charge in [-0.15, -0.1) is 10.8 Å². The molecule has 0 aliphatic carbocycles. The fourth-order valence-electron chi connectivity index (χ4n) is 9.39. The van der Waals surface area contributed by atoms with Crippen LogP contribution in [0.4, 0.5) is 47.3 Å². The zero-order chi connectivity index (χ0) is 80.2. The number of carboxylic acid groups (broad SMARTS) is 1. The summed E-state index contributed by atoms with van der Waals surface area (Å²) in [7, 11) is -11.8. The maximum absolute atomic E-state index is 12.5. The first-order valence-corrected chi connectivity index (χ1v) is 38.0. The van der Waals surface area contributed by atoms with Gasteiger partial charge in [0.15, 0.2) is 11.5 Å². The summed E-state index contributed by atoms with van der Waals surface area (Å²) in [5.41, 5.74) is -2.22. The summed E-state index contributed by atoms with van der Waals surface area (Å²) in [6, 6.07) is 25.6. The second kappa shape index (κ2) is 40.7. The molecule has 6 aromatic carbocycles. The Bertz CT molecular complexity index is 4680. The van der Waals surface area contributed by atoms with E-state index in [0.717, 1.165) is 82.3 Å². The van der Waals surface area contributed by atoms with E-state index in [1.54, 1.807) is 80.1 Å². The molecule has 0 saturated carbocycles. The number of aromatic carboxylic acids is 1. The molecule has 582 valence electrons. The minimum absolute atomic E-state index is 0.106. The van der Waals surface area contributed by atoms with E-state index in [2.05, 4.69) is 39.5 Å². The Morgan fingerprint density at radius 1 is 0.673 bits per heavy atom. The Kier molecular flexibility index (Phi) is 33.7. The Balaban J connectivity index is 0.000000304. The molecule has 0 atom stereocenters. The van der Waals surface area contributed by atoms with Crippen LogP contribution in [-0.4, -0.2) is 177 Å². The lowest BCUT2D eigenvalue weighted by atomic mass is 10.1. The smallest absolute Gasteiger partial charge is 0.405 e. The highest BCUT2D eigenvalue weighted by Crippen LogP contribution is 2.42. The van der Waals surface area contributed by atoms with Crippen LogP contribution in [0.15, 0.2) is 133 Å². The first-order valence-electron chi connectivity index (χ1n) is 31.9. The van der Waals surface area contributed by atoms with Crippen molar-refractivity contribution < 1.29 is 105 Å². The lowest BCUT2D eigenvalue weighted by Crippen LogP contribution is -2.38. The van der Waals surface area contributed by atoms with Crippen molar-refractivity contribution in [1.29, 1.82) is 0 Å². The first-order chi connectivity index (χ1) is 50.2. The number of benzene rings is 6. The number of morpholine rings is 1. The van der Waals surface area contributed by atoms with E-state index < -0.39 is 118 Å². The number of carbonyl (C=O) groups is 4. The number of unbranched alkanes of at least 4 members (excludes halogenated alkanes) is 3. The second-order valence-electron chi connectivity index (χ2n) is 22.7. The van der Waals surface area contributed by atoms with Gasteiger partial charge in [0, 0.05) is 64.5 Å². The van der Waals surface area contributed by atoms with Crippen LogP contribution in [0.2, 0.25) is 0 Å². The fourth-order valence-corrected chi connectivity index (χ4v) is 12.7. The summed E-state index contributed by atoms with van der Waals surface area (Å²) in [5.74, 6) is -1.20. The van der Waals surface area contributed by atoms with Crippen molar-refractivity contribution in [1.82, 2.24) is 10.2 Å². The number of esters is 2. The number of primary sulfonamides is 3. The summed E-state index contributed by atoms with van der Waals surface area (Å²) in [4.78, 5) is 71.1. The van der Waals surface area contributed by atoms with Crippen molar-refractivity contribution in [3.63, 3.8) is 0 Å². The van der Waals surface area contributed by atoms with Crippen LogP contribution in [0.25, 0.3) is 0 Å². The van der Waals surface area contributed by atoms with Crippen molar-refractivity contribution in [3.05, 3.63) is 152 Å². The summed E-state index contributed by atoms with van der Waals surface area (Å²) in [6.45, 7) is 7.18. The molecule has 1 heterocycles. The van der Waals surface area contributed by atoms with Gasteiger partial charge >= 0.3 is 24.1 Å². The molecular weight excluding hydrogens is 1500 g/mol. The molecule has 1 aliphatic heterocycles. The lowest BCUT2D eigenvalue weighted by molar-refractivity contribution is -0.384. The Morgan fingerprint density at radius 3 is 1.60 bits per heavy atom. The van der Waals surface area contributed by atoms with Crippen LogP contribution in [0.3, 0.4) is 0 Å². The molecule has 0 radical (unpaired) electrons. The minimum Gasteiger partial charge on any atom is -0.478 e. The summed E-state index contributed by atoms with van der Waals surface area (Å²) in [5, 5.41) is 54.6. The fraction of sp³-hybridized carbons (Fsp3) is 0.348. The molecule has 1 fully saturated rings. The van der Waals surface area contributed by atoms with Gasteiger partial charge in [-0.1, -0.05) is 82.4 Å². The highest BCUT2D eigenvalue weighted by molar-refractivity contribution is 7.90. The summed E-state index contributed by atoms with van der Waals surface area (Å²) < 4.78 is 165. The third kappa shape index (κ3) is 27.3. The molecule has 0 spiro atoms. The van der Waals surface area contributed by atoms with E-state index in [9.17, 15) is 86.2 Å². The van der Waals surface area contributed by atoms with E-state index in [4.69, 9.17) is 45.9 Å². The number of nitrogens with two attached hydrogens (primary N) is 3. The number of methoxy groups -OCH3 is 2. The van der Waals surface area contributed by atoms with Gasteiger partial charge in [0.2, 0.25) is 30.1 Å². The number of terminal acetylenes is 1. The van der Waals surface area contributed by atoms with Gasteiger partial charge in [-0.2, -0.15) is 21.6 Å². The molecule has 0 aromatic heterocycles. The van der Waals surface area contributed by atoms with Crippen LogP contribution in [0, 0.1) is 32.6 Å². The van der Waals surface area contributed by atoms with Crippen LogP contribution in [0.5, 0.6) is 23.0 Å². The summed E-state index contributed by atoms with van der Waals surface area (Å²) in [6.07, 6.45) is 6.81. The van der Waals surface area contributed by atoms with Gasteiger partial charge in [0.1, 0.15) is 55.3 Å². The second-order valence-corrected chi connectivity index (χ2v) is 28.9. The normalized spacial score (nSPS) is 12.2. The van der Waals surface area contributed by atoms with Crippen molar-refractivity contribution in [2.75, 3.05) is 108 Å². The van der Waals surface area contributed by atoms with Gasteiger partial charge in [-0.25, -0.2) is 55.1 Å². The van der Waals surface area contributed by atoms with Crippen LogP contribution in [0.1, 0.15) is 101 Å². The van der Waals surface area contributed by atoms with Crippen molar-refractivity contribution in [2.45, 2.75) is 85.1 Å². The summed E-state index contributed by atoms with van der Waals surface area (Å²) >= 11 is 0. The highest BCUT2D eigenvalue weighted by Gasteiger charge is 2.34. The molecule has 0 unspecified atom stereocenters. The van der Waals surface area contributed by atoms with Crippen molar-refractivity contribution >= 4 is 104 Å². The molecule has 107 heavy (non-hydrogen) atoms. The third-order valence-electron chi connectivity index (χ3n) is 14.4. The van der Waals surface area contributed by atoms with Crippen molar-refractivity contribution in [3.8, 4) is 35.3 Å². The van der Waals surface area contributed by atoms with Crippen LogP contribution >= 0.6 is 0 Å². The molecule has 1 saturated heterocycles. The number of alkyl halides is 3. The number of rotatable bonds is 31. The average Bonchev–Trinajstić information content (AvgIpc) is 0.802. The van der Waals surface area contributed by atoms with E-state index in [1.165, 1.54) is 29.0 Å². The van der Waals surface area contributed by atoms with Gasteiger partial charge in [0.05, 0.1) is 71.9 Å². The maximum atomic E-state index is 12.5. The lowest BCUT2D eigenvalue weighted by Gasteiger charge is -2.29. The molecule has 41 heteroatoms. The predicted octanol–water partition coefficient (Wildman–Crippen LogP) is 8.43. The number of anilines is 4. The SMILES string of the molecule is C#CCNc1c([N+](=O)[O-])cc(C(=O)OC)cc1S(=O)(=O)N=CN(C)C.CCCCN(CCCC)c1cc(C(=O)OC)cc(S(N)(=O)=O)c1Oc1ccccc1.CCCCNc1cc(C(=O)NCC(F)(F)F)cc(S(N)(=O)=O)c1Oc1ccccc1.NS(=O)(=O)c1cc(C(=O)O)cc([N+](=O)[O-])c1N1CCOCC1. The molecule has 6 aromatic rings. The number of amides is 1.